The van der Waals surface area contributed by atoms with Crippen LogP contribution >= 0.6 is 0 Å². The molecular formula is C44H85NO5S. The average molecular weight is 740 g/mol. The largest absolute Gasteiger partial charge is 0.387 e. The Morgan fingerprint density at radius 2 is 0.824 bits per heavy atom. The summed E-state index contributed by atoms with van der Waals surface area (Å²) in [6.07, 6.45) is 48.8. The summed E-state index contributed by atoms with van der Waals surface area (Å²) in [4.78, 5) is 12.5. The summed E-state index contributed by atoms with van der Waals surface area (Å²) < 4.78 is 32.5. The Bertz CT molecular complexity index is 903. The van der Waals surface area contributed by atoms with Gasteiger partial charge in [-0.15, -0.1) is 0 Å². The molecular weight excluding hydrogens is 655 g/mol. The summed E-state index contributed by atoms with van der Waals surface area (Å²) in [5, 5.41) is 13.2. The van der Waals surface area contributed by atoms with E-state index in [9.17, 15) is 22.9 Å². The number of hydrogen-bond acceptors (Lipinski definition) is 4. The van der Waals surface area contributed by atoms with E-state index in [1.54, 1.807) is 6.08 Å². The van der Waals surface area contributed by atoms with E-state index in [4.69, 9.17) is 0 Å². The third kappa shape index (κ3) is 39.9. The zero-order chi connectivity index (χ0) is 37.5. The topological polar surface area (TPSA) is 104 Å². The molecule has 6 nitrogen and oxygen atoms in total. The van der Waals surface area contributed by atoms with Gasteiger partial charge in [0, 0.05) is 6.42 Å². The molecule has 0 radical (unpaired) electrons. The summed E-state index contributed by atoms with van der Waals surface area (Å²) in [6.45, 7) is 4.53. The molecule has 0 aromatic rings. The molecule has 2 unspecified atom stereocenters. The lowest BCUT2D eigenvalue weighted by Gasteiger charge is -2.21. The maximum Gasteiger partial charge on any atom is 0.267 e. The monoisotopic (exact) mass is 740 g/mol. The number of unbranched alkanes of at least 4 members (excludes halogenated alkanes) is 30. The number of carbonyl (C=O) groups is 1. The minimum absolute atomic E-state index is 0.285. The van der Waals surface area contributed by atoms with Crippen LogP contribution in [0.4, 0.5) is 0 Å². The van der Waals surface area contributed by atoms with Crippen LogP contribution in [0.2, 0.25) is 0 Å². The second-order valence-corrected chi connectivity index (χ2v) is 16.8. The van der Waals surface area contributed by atoms with Crippen molar-refractivity contribution in [3.63, 3.8) is 0 Å². The van der Waals surface area contributed by atoms with Crippen LogP contribution < -0.4 is 5.32 Å². The fourth-order valence-electron chi connectivity index (χ4n) is 6.80. The summed E-state index contributed by atoms with van der Waals surface area (Å²) in [7, 11) is -4.34. The van der Waals surface area contributed by atoms with Crippen molar-refractivity contribution < 1.29 is 22.9 Å². The number of allylic oxidation sites excluding steroid dienone is 3. The fourth-order valence-corrected chi connectivity index (χ4v) is 7.53. The highest BCUT2D eigenvalue weighted by atomic mass is 32.2. The van der Waals surface area contributed by atoms with Crippen LogP contribution in [-0.4, -0.2) is 41.9 Å². The van der Waals surface area contributed by atoms with Crippen LogP contribution in [-0.2, 0) is 14.9 Å². The molecule has 0 aliphatic rings. The first-order chi connectivity index (χ1) is 24.8. The molecule has 0 saturated heterocycles. The number of carbonyl (C=O) groups excluding carboxylic acids is 1. The zero-order valence-electron chi connectivity index (χ0n) is 33.7. The van der Waals surface area contributed by atoms with Crippen LogP contribution in [0.5, 0.6) is 0 Å². The zero-order valence-corrected chi connectivity index (χ0v) is 34.6. The lowest BCUT2D eigenvalue weighted by molar-refractivity contribution is -0.122. The first kappa shape index (κ1) is 49.8. The molecule has 0 heterocycles. The quantitative estimate of drug-likeness (QED) is 0.0330. The van der Waals surface area contributed by atoms with Crippen molar-refractivity contribution >= 4 is 16.0 Å². The van der Waals surface area contributed by atoms with Gasteiger partial charge in [-0.3, -0.25) is 9.35 Å². The minimum atomic E-state index is -4.34. The van der Waals surface area contributed by atoms with Gasteiger partial charge in [-0.05, 0) is 44.9 Å². The predicted octanol–water partition coefficient (Wildman–Crippen LogP) is 13.1. The molecule has 0 aromatic carbocycles. The molecule has 7 heteroatoms. The van der Waals surface area contributed by atoms with E-state index in [1.807, 2.05) is 6.08 Å². The van der Waals surface area contributed by atoms with E-state index < -0.39 is 28.0 Å². The molecule has 1 amide bonds. The van der Waals surface area contributed by atoms with Gasteiger partial charge in [-0.1, -0.05) is 205 Å². The smallest absolute Gasteiger partial charge is 0.267 e. The van der Waals surface area contributed by atoms with Crippen molar-refractivity contribution in [3.05, 3.63) is 24.3 Å². The lowest BCUT2D eigenvalue weighted by Crippen LogP contribution is -2.46. The van der Waals surface area contributed by atoms with E-state index in [-0.39, 0.29) is 12.3 Å². The van der Waals surface area contributed by atoms with E-state index in [0.29, 0.717) is 0 Å². The summed E-state index contributed by atoms with van der Waals surface area (Å²) in [5.74, 6) is -0.983. The van der Waals surface area contributed by atoms with E-state index in [2.05, 4.69) is 31.3 Å². The number of hydrogen-bond donors (Lipinski definition) is 3. The predicted molar refractivity (Wildman–Crippen MR) is 221 cm³/mol. The normalized spacial score (nSPS) is 13.4. The van der Waals surface area contributed by atoms with Gasteiger partial charge in [0.05, 0.1) is 17.9 Å². The molecule has 0 saturated carbocycles. The second kappa shape index (κ2) is 38.5. The average Bonchev–Trinajstić information content (AvgIpc) is 3.09. The molecule has 0 aliphatic carbocycles. The number of nitrogens with one attached hydrogen (secondary N) is 1. The Morgan fingerprint density at radius 1 is 0.510 bits per heavy atom. The van der Waals surface area contributed by atoms with Gasteiger partial charge in [0.1, 0.15) is 0 Å². The van der Waals surface area contributed by atoms with Gasteiger partial charge in [0.2, 0.25) is 5.91 Å². The molecule has 51 heavy (non-hydrogen) atoms. The standard InChI is InChI=1S/C44H85NO5S/c1-3-5-7-9-11-13-15-17-19-20-21-22-23-24-26-27-29-31-33-35-37-39-43(46)42(41-51(48,49)50)45-44(47)40-38-36-34-32-30-28-25-18-16-14-12-10-8-6-4-2/h18,25,37,39,42-43,46H,3-17,19-24,26-36,38,40-41H2,1-2H3,(H,45,47)(H,48,49,50)/b25-18-,39-37+. The van der Waals surface area contributed by atoms with Crippen LogP contribution in [0.1, 0.15) is 232 Å². The fraction of sp³-hybridized carbons (Fsp3) is 0.886. The number of aliphatic hydroxyl groups is 1. The van der Waals surface area contributed by atoms with Crippen molar-refractivity contribution in [2.45, 2.75) is 244 Å². The van der Waals surface area contributed by atoms with Crippen LogP contribution in [0.25, 0.3) is 0 Å². The summed E-state index contributed by atoms with van der Waals surface area (Å²) in [6, 6.07) is -1.06. The second-order valence-electron chi connectivity index (χ2n) is 15.3. The molecule has 3 N–H and O–H groups in total. The van der Waals surface area contributed by atoms with Gasteiger partial charge in [-0.2, -0.15) is 8.42 Å². The van der Waals surface area contributed by atoms with Crippen LogP contribution in [0.15, 0.2) is 24.3 Å². The van der Waals surface area contributed by atoms with Gasteiger partial charge in [-0.25, -0.2) is 0 Å². The molecule has 0 aliphatic heterocycles. The van der Waals surface area contributed by atoms with Gasteiger partial charge in [0.25, 0.3) is 10.1 Å². The molecule has 0 rings (SSSR count). The molecule has 2 atom stereocenters. The Kier molecular flexibility index (Phi) is 37.6. The highest BCUT2D eigenvalue weighted by Gasteiger charge is 2.24. The first-order valence-electron chi connectivity index (χ1n) is 22.0. The third-order valence-corrected chi connectivity index (χ3v) is 10.9. The first-order valence-corrected chi connectivity index (χ1v) is 23.6. The minimum Gasteiger partial charge on any atom is -0.387 e. The van der Waals surface area contributed by atoms with Crippen molar-refractivity contribution in [1.82, 2.24) is 5.32 Å². The van der Waals surface area contributed by atoms with E-state index in [1.165, 1.54) is 154 Å². The van der Waals surface area contributed by atoms with Gasteiger partial charge >= 0.3 is 0 Å². The van der Waals surface area contributed by atoms with Gasteiger partial charge < -0.3 is 10.4 Å². The molecule has 0 spiro atoms. The highest BCUT2D eigenvalue weighted by molar-refractivity contribution is 7.85. The summed E-state index contributed by atoms with van der Waals surface area (Å²) >= 11 is 0. The maximum atomic E-state index is 12.5. The number of aliphatic hydroxyl groups excluding tert-OH is 1. The van der Waals surface area contributed by atoms with Gasteiger partial charge in [0.15, 0.2) is 0 Å². The van der Waals surface area contributed by atoms with Crippen molar-refractivity contribution in [1.29, 1.82) is 0 Å². The maximum absolute atomic E-state index is 12.5. The molecule has 0 bridgehead atoms. The Morgan fingerprint density at radius 3 is 1.18 bits per heavy atom. The van der Waals surface area contributed by atoms with E-state index >= 15 is 0 Å². The number of rotatable bonds is 40. The molecule has 0 fully saturated rings. The van der Waals surface area contributed by atoms with Crippen molar-refractivity contribution in [3.8, 4) is 0 Å². The van der Waals surface area contributed by atoms with Crippen molar-refractivity contribution in [2.24, 2.45) is 0 Å². The Labute approximate surface area is 317 Å². The highest BCUT2D eigenvalue weighted by Crippen LogP contribution is 2.16. The Hall–Kier alpha value is -1.18. The van der Waals surface area contributed by atoms with Crippen LogP contribution in [0.3, 0.4) is 0 Å². The molecule has 0 aromatic heterocycles. The SMILES string of the molecule is CCCCCCCC/C=C\CCCCCCCC(=O)NC(CS(=O)(=O)O)C(O)/C=C/CCCCCCCCCCCCCCCCCCCCC. The molecule has 302 valence electrons. The summed E-state index contributed by atoms with van der Waals surface area (Å²) in [5.41, 5.74) is 0. The van der Waals surface area contributed by atoms with E-state index in [0.717, 1.165) is 57.8 Å². The Balaban J connectivity index is 3.86. The van der Waals surface area contributed by atoms with Crippen LogP contribution in [0, 0.1) is 0 Å². The van der Waals surface area contributed by atoms with Crippen molar-refractivity contribution in [2.75, 3.05) is 5.75 Å². The number of amides is 1. The third-order valence-electron chi connectivity index (χ3n) is 10.1. The lowest BCUT2D eigenvalue weighted by atomic mass is 10.0.